The third-order valence-electron chi connectivity index (χ3n) is 6.67. The van der Waals surface area contributed by atoms with E-state index >= 15 is 0 Å². The molecule has 1 spiro atoms. The maximum atomic E-state index is 12.9. The van der Waals surface area contributed by atoms with Crippen molar-refractivity contribution < 1.29 is 9.53 Å². The van der Waals surface area contributed by atoms with Gasteiger partial charge in [-0.3, -0.25) is 4.79 Å². The number of amides is 1. The second-order valence-corrected chi connectivity index (χ2v) is 10.1. The molecule has 0 saturated carbocycles. The number of thiophene rings is 1. The maximum Gasteiger partial charge on any atom is 0.225 e. The first-order valence-electron chi connectivity index (χ1n) is 11.8. The Labute approximate surface area is 202 Å². The predicted octanol–water partition coefficient (Wildman–Crippen LogP) is 2.79. The van der Waals surface area contributed by atoms with Crippen molar-refractivity contribution in [2.24, 2.45) is 0 Å². The van der Waals surface area contributed by atoms with E-state index in [1.54, 1.807) is 17.7 Å². The number of hydrogen-bond acceptors (Lipinski definition) is 10. The van der Waals surface area contributed by atoms with Gasteiger partial charge in [0.05, 0.1) is 10.9 Å². The summed E-state index contributed by atoms with van der Waals surface area (Å²) in [4.78, 5) is 34.2. The summed E-state index contributed by atoms with van der Waals surface area (Å²) in [7, 11) is 0. The summed E-state index contributed by atoms with van der Waals surface area (Å²) in [5.74, 6) is 2.02. The number of ether oxygens (including phenoxy) is 1. The van der Waals surface area contributed by atoms with E-state index in [2.05, 4.69) is 38.2 Å². The summed E-state index contributed by atoms with van der Waals surface area (Å²) >= 11 is 1.70. The van der Waals surface area contributed by atoms with Gasteiger partial charge in [-0.1, -0.05) is 6.92 Å². The van der Waals surface area contributed by atoms with Crippen molar-refractivity contribution in [1.29, 1.82) is 0 Å². The summed E-state index contributed by atoms with van der Waals surface area (Å²) in [5.41, 5.74) is 12.2. The molecule has 11 heteroatoms. The summed E-state index contributed by atoms with van der Waals surface area (Å²) < 4.78 is 6.23. The molecule has 180 valence electrons. The molecule has 2 aliphatic heterocycles. The van der Waals surface area contributed by atoms with Crippen molar-refractivity contribution in [3.63, 3.8) is 0 Å². The Morgan fingerprint density at radius 1 is 1.26 bits per heavy atom. The molecule has 1 fully saturated rings. The number of nitrogens with zero attached hydrogens (tertiary/aromatic N) is 5. The zero-order valence-corrected chi connectivity index (χ0v) is 20.2. The summed E-state index contributed by atoms with van der Waals surface area (Å²) in [5, 5.41) is 4.44. The molecule has 1 atom stereocenters. The predicted molar refractivity (Wildman–Crippen MR) is 133 cm³/mol. The first-order chi connectivity index (χ1) is 16.5. The second kappa shape index (κ2) is 9.21. The Morgan fingerprint density at radius 2 is 2.15 bits per heavy atom. The minimum Gasteiger partial charge on any atom is -0.470 e. The molecule has 1 amide bonds. The largest absolute Gasteiger partial charge is 0.470 e. The zero-order chi connectivity index (χ0) is 23.7. The van der Waals surface area contributed by atoms with Gasteiger partial charge in [0.15, 0.2) is 0 Å². The third kappa shape index (κ3) is 4.44. The Bertz CT molecular complexity index is 1220. The lowest BCUT2D eigenvalue weighted by atomic mass is 9.90. The number of hydrogen-bond donors (Lipinski definition) is 3. The van der Waals surface area contributed by atoms with E-state index in [4.69, 9.17) is 16.2 Å². The molecule has 0 unspecified atom stereocenters. The van der Waals surface area contributed by atoms with Crippen LogP contribution in [-0.2, 0) is 17.6 Å². The van der Waals surface area contributed by atoms with Crippen LogP contribution >= 0.6 is 11.3 Å². The van der Waals surface area contributed by atoms with Crippen LogP contribution in [0.5, 0.6) is 5.88 Å². The van der Waals surface area contributed by atoms with Crippen molar-refractivity contribution in [3.05, 3.63) is 22.8 Å². The molecule has 5 rings (SSSR count). The van der Waals surface area contributed by atoms with Crippen molar-refractivity contribution in [1.82, 2.24) is 24.8 Å². The Balaban J connectivity index is 1.13. The molecule has 0 radical (unpaired) electrons. The molecule has 3 aromatic heterocycles. The van der Waals surface area contributed by atoms with Crippen molar-refractivity contribution in [2.45, 2.75) is 57.5 Å². The standard InChI is InChI=1S/C23H30N8O2S/c1-2-14-11-15-19(27-13-28-21(15)34-14)26-8-3-5-17(32)31-9-4-6-23(7-10-31)12-16-18(24)29-22(25)30-20(16)33-23/h11,13H,2-10,12H2,1H3,(H,26,27,28)(H4,24,25,29,30)/t23-/m0/s1. The highest BCUT2D eigenvalue weighted by Crippen LogP contribution is 2.42. The second-order valence-electron chi connectivity index (χ2n) is 8.98. The minimum absolute atomic E-state index is 0.125. The van der Waals surface area contributed by atoms with E-state index in [9.17, 15) is 4.79 Å². The number of likely N-dealkylation sites (tertiary alicyclic amines) is 1. The number of aryl methyl sites for hydroxylation is 1. The van der Waals surface area contributed by atoms with Crippen LogP contribution in [0.3, 0.4) is 0 Å². The van der Waals surface area contributed by atoms with Gasteiger partial charge >= 0.3 is 0 Å². The molecule has 0 aliphatic carbocycles. The quantitative estimate of drug-likeness (QED) is 0.451. The van der Waals surface area contributed by atoms with Gasteiger partial charge in [0, 0.05) is 43.8 Å². The van der Waals surface area contributed by atoms with Crippen molar-refractivity contribution >= 4 is 45.0 Å². The monoisotopic (exact) mass is 482 g/mol. The number of nitrogen functional groups attached to an aromatic ring is 2. The fourth-order valence-corrected chi connectivity index (χ4v) is 5.77. The van der Waals surface area contributed by atoms with Crippen molar-refractivity contribution in [3.8, 4) is 5.88 Å². The highest BCUT2D eigenvalue weighted by Gasteiger charge is 2.43. The molecule has 0 bridgehead atoms. The number of nitrogens with one attached hydrogen (secondary N) is 1. The van der Waals surface area contributed by atoms with Gasteiger partial charge in [-0.15, -0.1) is 11.3 Å². The van der Waals surface area contributed by atoms with Crippen LogP contribution in [0.15, 0.2) is 12.4 Å². The first-order valence-corrected chi connectivity index (χ1v) is 12.6. The van der Waals surface area contributed by atoms with Gasteiger partial charge in [0.25, 0.3) is 0 Å². The van der Waals surface area contributed by atoms with Crippen LogP contribution in [0.1, 0.15) is 49.5 Å². The Hall–Kier alpha value is -3.21. The van der Waals surface area contributed by atoms with Crippen LogP contribution in [0.25, 0.3) is 10.2 Å². The van der Waals surface area contributed by atoms with Gasteiger partial charge in [-0.2, -0.15) is 9.97 Å². The highest BCUT2D eigenvalue weighted by atomic mass is 32.1. The van der Waals surface area contributed by atoms with Crippen LogP contribution in [-0.4, -0.2) is 56.0 Å². The van der Waals surface area contributed by atoms with E-state index in [-0.39, 0.29) is 17.5 Å². The van der Waals surface area contributed by atoms with Crippen LogP contribution in [0, 0.1) is 0 Å². The van der Waals surface area contributed by atoms with E-state index in [0.717, 1.165) is 60.2 Å². The van der Waals surface area contributed by atoms with E-state index in [0.29, 0.717) is 37.6 Å². The topological polar surface area (TPSA) is 145 Å². The Morgan fingerprint density at radius 3 is 3.00 bits per heavy atom. The Kier molecular flexibility index (Phi) is 6.11. The van der Waals surface area contributed by atoms with Crippen LogP contribution in [0.4, 0.5) is 17.6 Å². The SMILES string of the molecule is CCc1cc2c(NCCCC(=O)N3CCC[C@]4(CC3)Cc3c(N)nc(N)nc3O4)ncnc2s1. The number of aromatic nitrogens is 4. The van der Waals surface area contributed by atoms with Crippen LogP contribution < -0.4 is 21.5 Å². The normalized spacial score (nSPS) is 19.7. The number of carbonyl (C=O) groups excluding carboxylic acids is 1. The fourth-order valence-electron chi connectivity index (χ4n) is 4.83. The molecular formula is C23H30N8O2S. The molecule has 5 N–H and O–H groups in total. The molecule has 5 heterocycles. The number of nitrogens with two attached hydrogens (primary N) is 2. The third-order valence-corrected chi connectivity index (χ3v) is 7.86. The number of anilines is 3. The lowest BCUT2D eigenvalue weighted by Crippen LogP contribution is -2.37. The highest BCUT2D eigenvalue weighted by molar-refractivity contribution is 7.18. The van der Waals surface area contributed by atoms with Gasteiger partial charge < -0.3 is 26.4 Å². The first kappa shape index (κ1) is 22.6. The summed E-state index contributed by atoms with van der Waals surface area (Å²) in [6.07, 6.45) is 6.93. The molecule has 2 aliphatic rings. The minimum atomic E-state index is -0.383. The van der Waals surface area contributed by atoms with Crippen molar-refractivity contribution in [2.75, 3.05) is 36.4 Å². The lowest BCUT2D eigenvalue weighted by molar-refractivity contribution is -0.131. The number of rotatable bonds is 6. The zero-order valence-electron chi connectivity index (χ0n) is 19.3. The number of fused-ring (bicyclic) bond motifs is 2. The summed E-state index contributed by atoms with van der Waals surface area (Å²) in [6, 6.07) is 2.15. The lowest BCUT2D eigenvalue weighted by Gasteiger charge is -2.27. The van der Waals surface area contributed by atoms with Gasteiger partial charge in [-0.05, 0) is 31.7 Å². The average Bonchev–Trinajstić information content (AvgIpc) is 3.34. The smallest absolute Gasteiger partial charge is 0.225 e. The summed E-state index contributed by atoms with van der Waals surface area (Å²) in [6.45, 7) is 4.21. The molecule has 0 aromatic carbocycles. The van der Waals surface area contributed by atoms with E-state index in [1.165, 1.54) is 4.88 Å². The molecule has 10 nitrogen and oxygen atoms in total. The van der Waals surface area contributed by atoms with Crippen LogP contribution in [0.2, 0.25) is 0 Å². The molecule has 1 saturated heterocycles. The molecular weight excluding hydrogens is 452 g/mol. The maximum absolute atomic E-state index is 12.9. The van der Waals surface area contributed by atoms with Gasteiger partial charge in [0.1, 0.15) is 28.4 Å². The molecule has 3 aromatic rings. The average molecular weight is 483 g/mol. The van der Waals surface area contributed by atoms with Gasteiger partial charge in [-0.25, -0.2) is 9.97 Å². The van der Waals surface area contributed by atoms with Gasteiger partial charge in [0.2, 0.25) is 17.7 Å². The van der Waals surface area contributed by atoms with E-state index in [1.807, 2.05) is 4.90 Å². The molecule has 34 heavy (non-hydrogen) atoms. The number of carbonyl (C=O) groups is 1. The fraction of sp³-hybridized carbons (Fsp3) is 0.522. The van der Waals surface area contributed by atoms with E-state index < -0.39 is 0 Å².